The SMILES string of the molecule is CSCCC(NC(=O)c1cncn1C)C(=O)O. The molecule has 17 heavy (non-hydrogen) atoms. The Hall–Kier alpha value is -1.50. The molecule has 0 saturated carbocycles. The molecule has 0 aromatic carbocycles. The lowest BCUT2D eigenvalue weighted by atomic mass is 10.2. The first kappa shape index (κ1) is 13.6. The predicted octanol–water partition coefficient (Wildman–Crippen LogP) is 0.356. The summed E-state index contributed by atoms with van der Waals surface area (Å²) in [6.45, 7) is 0. The zero-order valence-electron chi connectivity index (χ0n) is 9.71. The van der Waals surface area contributed by atoms with Crippen LogP contribution in [0, 0.1) is 0 Å². The zero-order valence-corrected chi connectivity index (χ0v) is 10.5. The zero-order chi connectivity index (χ0) is 12.8. The van der Waals surface area contributed by atoms with Gasteiger partial charge in [-0.1, -0.05) is 0 Å². The third kappa shape index (κ3) is 3.77. The molecule has 0 bridgehead atoms. The van der Waals surface area contributed by atoms with Crippen molar-refractivity contribution < 1.29 is 14.7 Å². The summed E-state index contributed by atoms with van der Waals surface area (Å²) in [5.74, 6) is -0.754. The highest BCUT2D eigenvalue weighted by molar-refractivity contribution is 7.98. The van der Waals surface area contributed by atoms with Crippen molar-refractivity contribution in [2.75, 3.05) is 12.0 Å². The molecule has 0 fully saturated rings. The fourth-order valence-electron chi connectivity index (χ4n) is 1.30. The molecule has 0 spiro atoms. The molecule has 1 atom stereocenters. The quantitative estimate of drug-likeness (QED) is 0.768. The van der Waals surface area contributed by atoms with E-state index in [1.807, 2.05) is 6.26 Å². The summed E-state index contributed by atoms with van der Waals surface area (Å²) >= 11 is 1.54. The number of hydrogen-bond donors (Lipinski definition) is 2. The van der Waals surface area contributed by atoms with Crippen LogP contribution in [0.1, 0.15) is 16.9 Å². The number of carbonyl (C=O) groups is 2. The maximum absolute atomic E-state index is 11.8. The van der Waals surface area contributed by atoms with E-state index in [9.17, 15) is 9.59 Å². The molecule has 7 heteroatoms. The average molecular weight is 257 g/mol. The minimum atomic E-state index is -1.02. The summed E-state index contributed by atoms with van der Waals surface area (Å²) in [7, 11) is 1.68. The van der Waals surface area contributed by atoms with Gasteiger partial charge in [-0.25, -0.2) is 9.78 Å². The first-order chi connectivity index (χ1) is 8.06. The van der Waals surface area contributed by atoms with E-state index < -0.39 is 17.9 Å². The molecule has 0 saturated heterocycles. The Kier molecular flexibility index (Phi) is 5.02. The smallest absolute Gasteiger partial charge is 0.326 e. The molecule has 1 heterocycles. The van der Waals surface area contributed by atoms with Crippen LogP contribution in [0.15, 0.2) is 12.5 Å². The molecule has 1 aromatic rings. The molecule has 0 radical (unpaired) electrons. The van der Waals surface area contributed by atoms with Crippen LogP contribution in [0.5, 0.6) is 0 Å². The maximum atomic E-state index is 11.8. The number of aromatic nitrogens is 2. The summed E-state index contributed by atoms with van der Waals surface area (Å²) in [6, 6.07) is -0.857. The highest BCUT2D eigenvalue weighted by Gasteiger charge is 2.21. The molecule has 6 nitrogen and oxygen atoms in total. The number of rotatable bonds is 6. The summed E-state index contributed by atoms with van der Waals surface area (Å²) in [5.41, 5.74) is 0.348. The van der Waals surface area contributed by atoms with Crippen LogP contribution in [-0.2, 0) is 11.8 Å². The van der Waals surface area contributed by atoms with Gasteiger partial charge in [-0.3, -0.25) is 4.79 Å². The number of hydrogen-bond acceptors (Lipinski definition) is 4. The molecule has 2 N–H and O–H groups in total. The Bertz CT molecular complexity index is 405. The van der Waals surface area contributed by atoms with Crippen LogP contribution in [0.2, 0.25) is 0 Å². The van der Waals surface area contributed by atoms with Crippen LogP contribution >= 0.6 is 11.8 Å². The van der Waals surface area contributed by atoms with Crippen molar-refractivity contribution in [2.45, 2.75) is 12.5 Å². The third-order valence-electron chi connectivity index (χ3n) is 2.26. The van der Waals surface area contributed by atoms with Crippen molar-refractivity contribution in [2.24, 2.45) is 7.05 Å². The minimum absolute atomic E-state index is 0.348. The molecule has 1 unspecified atom stereocenters. The van der Waals surface area contributed by atoms with E-state index >= 15 is 0 Å². The lowest BCUT2D eigenvalue weighted by molar-refractivity contribution is -0.139. The Morgan fingerprint density at radius 2 is 2.35 bits per heavy atom. The second-order valence-electron chi connectivity index (χ2n) is 3.54. The molecule has 1 rings (SSSR count). The topological polar surface area (TPSA) is 84.2 Å². The Labute approximate surface area is 103 Å². The van der Waals surface area contributed by atoms with E-state index in [-0.39, 0.29) is 0 Å². The number of aryl methyl sites for hydroxylation is 1. The van der Waals surface area contributed by atoms with Crippen molar-refractivity contribution in [3.63, 3.8) is 0 Å². The molecule has 0 aliphatic carbocycles. The van der Waals surface area contributed by atoms with Gasteiger partial charge >= 0.3 is 5.97 Å². The van der Waals surface area contributed by atoms with Gasteiger partial charge in [0, 0.05) is 7.05 Å². The molecule has 0 aliphatic rings. The van der Waals surface area contributed by atoms with Gasteiger partial charge in [-0.15, -0.1) is 0 Å². The van der Waals surface area contributed by atoms with Crippen LogP contribution in [0.25, 0.3) is 0 Å². The molecule has 1 amide bonds. The fraction of sp³-hybridized carbons (Fsp3) is 0.500. The van der Waals surface area contributed by atoms with Crippen LogP contribution in [0.4, 0.5) is 0 Å². The summed E-state index contributed by atoms with van der Waals surface area (Å²) in [4.78, 5) is 26.5. The van der Waals surface area contributed by atoms with Crippen molar-refractivity contribution in [1.29, 1.82) is 0 Å². The van der Waals surface area contributed by atoms with Crippen molar-refractivity contribution in [3.8, 4) is 0 Å². The Balaban J connectivity index is 2.64. The summed E-state index contributed by atoms with van der Waals surface area (Å²) in [6.07, 6.45) is 5.19. The Morgan fingerprint density at radius 3 is 2.82 bits per heavy atom. The second kappa shape index (κ2) is 6.29. The van der Waals surface area contributed by atoms with Gasteiger partial charge in [-0.05, 0) is 18.4 Å². The van der Waals surface area contributed by atoms with Gasteiger partial charge < -0.3 is 15.0 Å². The van der Waals surface area contributed by atoms with Crippen molar-refractivity contribution >= 4 is 23.6 Å². The summed E-state index contributed by atoms with van der Waals surface area (Å²) < 4.78 is 1.54. The van der Waals surface area contributed by atoms with E-state index in [1.165, 1.54) is 12.5 Å². The Morgan fingerprint density at radius 1 is 1.65 bits per heavy atom. The number of carboxylic acid groups (broad SMARTS) is 1. The van der Waals surface area contributed by atoms with E-state index in [4.69, 9.17) is 5.11 Å². The van der Waals surface area contributed by atoms with Crippen LogP contribution in [-0.4, -0.2) is 44.6 Å². The van der Waals surface area contributed by atoms with Gasteiger partial charge in [0.1, 0.15) is 11.7 Å². The van der Waals surface area contributed by atoms with Gasteiger partial charge in [0.25, 0.3) is 5.91 Å². The van der Waals surface area contributed by atoms with E-state index in [0.717, 1.165) is 0 Å². The third-order valence-corrected chi connectivity index (χ3v) is 2.91. The van der Waals surface area contributed by atoms with Gasteiger partial charge in [0.15, 0.2) is 0 Å². The van der Waals surface area contributed by atoms with E-state index in [1.54, 1.807) is 23.4 Å². The number of thioether (sulfide) groups is 1. The summed E-state index contributed by atoms with van der Waals surface area (Å²) in [5, 5.41) is 11.5. The fourth-order valence-corrected chi connectivity index (χ4v) is 1.77. The van der Waals surface area contributed by atoms with Gasteiger partial charge in [-0.2, -0.15) is 11.8 Å². The number of aliphatic carboxylic acids is 1. The van der Waals surface area contributed by atoms with Gasteiger partial charge in [0.05, 0.1) is 12.5 Å². The first-order valence-corrected chi connectivity index (χ1v) is 6.44. The van der Waals surface area contributed by atoms with Crippen molar-refractivity contribution in [1.82, 2.24) is 14.9 Å². The number of amides is 1. The average Bonchev–Trinajstić information content (AvgIpc) is 2.70. The van der Waals surface area contributed by atoms with Gasteiger partial charge in [0.2, 0.25) is 0 Å². The number of carboxylic acids is 1. The minimum Gasteiger partial charge on any atom is -0.480 e. The second-order valence-corrected chi connectivity index (χ2v) is 4.52. The number of nitrogens with one attached hydrogen (secondary N) is 1. The molecule has 0 aliphatic heterocycles. The van der Waals surface area contributed by atoms with Crippen molar-refractivity contribution in [3.05, 3.63) is 18.2 Å². The normalized spacial score (nSPS) is 12.1. The van der Waals surface area contributed by atoms with Crippen LogP contribution < -0.4 is 5.32 Å². The molecular weight excluding hydrogens is 242 g/mol. The highest BCUT2D eigenvalue weighted by atomic mass is 32.2. The number of carbonyl (C=O) groups excluding carboxylic acids is 1. The largest absolute Gasteiger partial charge is 0.480 e. The lowest BCUT2D eigenvalue weighted by Gasteiger charge is -2.13. The number of imidazole rings is 1. The van der Waals surface area contributed by atoms with E-state index in [2.05, 4.69) is 10.3 Å². The lowest BCUT2D eigenvalue weighted by Crippen LogP contribution is -2.41. The first-order valence-electron chi connectivity index (χ1n) is 5.05. The highest BCUT2D eigenvalue weighted by Crippen LogP contribution is 2.03. The van der Waals surface area contributed by atoms with Crippen LogP contribution in [0.3, 0.4) is 0 Å². The predicted molar refractivity (Wildman–Crippen MR) is 65.1 cm³/mol. The molecule has 1 aromatic heterocycles. The van der Waals surface area contributed by atoms with E-state index in [0.29, 0.717) is 17.9 Å². The monoisotopic (exact) mass is 257 g/mol. The molecular formula is C10H15N3O3S. The maximum Gasteiger partial charge on any atom is 0.326 e. The molecule has 94 valence electrons. The standard InChI is InChI=1S/C10H15N3O3S/c1-13-6-11-5-8(13)9(14)12-7(10(15)16)3-4-17-2/h5-7H,3-4H2,1-2H3,(H,12,14)(H,15,16). The number of nitrogens with zero attached hydrogens (tertiary/aromatic N) is 2.